The fourth-order valence-corrected chi connectivity index (χ4v) is 2.36. The summed E-state index contributed by atoms with van der Waals surface area (Å²) < 4.78 is 5.31. The maximum atomic E-state index is 11.8. The molecule has 0 spiro atoms. The van der Waals surface area contributed by atoms with E-state index in [0.29, 0.717) is 0 Å². The van der Waals surface area contributed by atoms with E-state index in [1.165, 1.54) is 0 Å². The molecule has 0 aliphatic carbocycles. The van der Waals surface area contributed by atoms with Gasteiger partial charge in [-0.25, -0.2) is 4.79 Å². The Labute approximate surface area is 109 Å². The van der Waals surface area contributed by atoms with Crippen molar-refractivity contribution in [2.45, 2.75) is 6.04 Å². The van der Waals surface area contributed by atoms with Crippen molar-refractivity contribution in [1.29, 1.82) is 0 Å². The molecule has 1 saturated heterocycles. The van der Waals surface area contributed by atoms with Crippen LogP contribution in [0.1, 0.15) is 11.6 Å². The minimum Gasteiger partial charge on any atom is -0.496 e. The van der Waals surface area contributed by atoms with E-state index in [-0.39, 0.29) is 5.91 Å². The van der Waals surface area contributed by atoms with Crippen LogP contribution in [-0.4, -0.2) is 19.0 Å². The maximum Gasteiger partial charge on any atom is 0.322 e. The third-order valence-electron chi connectivity index (χ3n) is 3.22. The minimum atomic E-state index is -0.650. The van der Waals surface area contributed by atoms with Crippen molar-refractivity contribution in [3.8, 4) is 5.75 Å². The molecule has 19 heavy (non-hydrogen) atoms. The molecule has 96 valence electrons. The highest BCUT2D eigenvalue weighted by molar-refractivity contribution is 6.07. The molecule has 1 fully saturated rings. The van der Waals surface area contributed by atoms with Crippen LogP contribution >= 0.6 is 0 Å². The van der Waals surface area contributed by atoms with E-state index in [2.05, 4.69) is 10.6 Å². The second-order valence-corrected chi connectivity index (χ2v) is 4.30. The zero-order valence-electron chi connectivity index (χ0n) is 10.3. The predicted octanol–water partition coefficient (Wildman–Crippen LogP) is 1.73. The predicted molar refractivity (Wildman–Crippen MR) is 69.9 cm³/mol. The first-order valence-corrected chi connectivity index (χ1v) is 5.87. The normalized spacial score (nSPS) is 18.3. The Kier molecular flexibility index (Phi) is 2.59. The lowest BCUT2D eigenvalue weighted by molar-refractivity contribution is -0.120. The lowest BCUT2D eigenvalue weighted by Crippen LogP contribution is -2.22. The summed E-state index contributed by atoms with van der Waals surface area (Å²) in [6.07, 6.45) is 0. The molecule has 1 aliphatic rings. The van der Waals surface area contributed by atoms with Crippen molar-refractivity contribution >= 4 is 22.7 Å². The van der Waals surface area contributed by atoms with Gasteiger partial charge in [-0.05, 0) is 17.0 Å². The Morgan fingerprint density at radius 3 is 2.42 bits per heavy atom. The van der Waals surface area contributed by atoms with Gasteiger partial charge in [-0.1, -0.05) is 30.3 Å². The van der Waals surface area contributed by atoms with Gasteiger partial charge < -0.3 is 10.1 Å². The fraction of sp³-hybridized carbons (Fsp3) is 0.143. The lowest BCUT2D eigenvalue weighted by atomic mass is 9.98. The fourth-order valence-electron chi connectivity index (χ4n) is 2.36. The average molecular weight is 256 g/mol. The van der Waals surface area contributed by atoms with E-state index >= 15 is 0 Å². The molecule has 0 saturated carbocycles. The quantitative estimate of drug-likeness (QED) is 0.804. The van der Waals surface area contributed by atoms with Crippen molar-refractivity contribution in [2.75, 3.05) is 7.11 Å². The van der Waals surface area contributed by atoms with Crippen molar-refractivity contribution in [3.05, 3.63) is 42.0 Å². The van der Waals surface area contributed by atoms with Gasteiger partial charge in [0.05, 0.1) is 7.11 Å². The second-order valence-electron chi connectivity index (χ2n) is 4.30. The van der Waals surface area contributed by atoms with Crippen LogP contribution in [0.25, 0.3) is 10.8 Å². The second kappa shape index (κ2) is 4.28. The monoisotopic (exact) mass is 256 g/mol. The molecule has 0 radical (unpaired) electrons. The molecule has 2 aromatic rings. The molecule has 1 atom stereocenters. The number of methoxy groups -OCH3 is 1. The first-order chi connectivity index (χ1) is 9.20. The molecule has 5 nitrogen and oxygen atoms in total. The maximum absolute atomic E-state index is 11.8. The van der Waals surface area contributed by atoms with Crippen molar-refractivity contribution in [2.24, 2.45) is 0 Å². The topological polar surface area (TPSA) is 67.4 Å². The Balaban J connectivity index is 2.20. The number of ether oxygens (including phenoxy) is 1. The summed E-state index contributed by atoms with van der Waals surface area (Å²) in [5, 5.41) is 6.65. The largest absolute Gasteiger partial charge is 0.496 e. The number of fused-ring (bicyclic) bond motifs is 1. The smallest absolute Gasteiger partial charge is 0.322 e. The van der Waals surface area contributed by atoms with Gasteiger partial charge >= 0.3 is 6.03 Å². The van der Waals surface area contributed by atoms with E-state index in [0.717, 1.165) is 22.1 Å². The molecule has 2 aromatic carbocycles. The average Bonchev–Trinajstić information content (AvgIpc) is 2.76. The van der Waals surface area contributed by atoms with Crippen LogP contribution in [0.5, 0.6) is 5.75 Å². The van der Waals surface area contributed by atoms with Gasteiger partial charge in [0.1, 0.15) is 11.8 Å². The Hall–Kier alpha value is -2.56. The number of hydrogen-bond donors (Lipinski definition) is 2. The number of carbonyl (C=O) groups excluding carboxylic acids is 2. The van der Waals surface area contributed by atoms with Crippen LogP contribution in [0.2, 0.25) is 0 Å². The molecule has 3 amide bonds. The van der Waals surface area contributed by atoms with Crippen LogP contribution in [0.4, 0.5) is 4.79 Å². The van der Waals surface area contributed by atoms with E-state index in [1.807, 2.05) is 24.3 Å². The molecule has 1 aliphatic heterocycles. The summed E-state index contributed by atoms with van der Waals surface area (Å²) in [4.78, 5) is 23.0. The summed E-state index contributed by atoms with van der Waals surface area (Å²) in [6.45, 7) is 0. The van der Waals surface area contributed by atoms with Crippen LogP contribution in [0.3, 0.4) is 0 Å². The molecule has 2 N–H and O–H groups in total. The highest BCUT2D eigenvalue weighted by Gasteiger charge is 2.32. The molecule has 1 unspecified atom stereocenters. The van der Waals surface area contributed by atoms with Gasteiger partial charge in [-0.15, -0.1) is 0 Å². The first-order valence-electron chi connectivity index (χ1n) is 5.87. The molecular weight excluding hydrogens is 244 g/mol. The Morgan fingerprint density at radius 1 is 1.05 bits per heavy atom. The molecule has 5 heteroatoms. The summed E-state index contributed by atoms with van der Waals surface area (Å²) >= 11 is 0. The minimum absolute atomic E-state index is 0.333. The van der Waals surface area contributed by atoms with E-state index in [1.54, 1.807) is 19.2 Å². The van der Waals surface area contributed by atoms with Gasteiger partial charge in [-0.3, -0.25) is 10.1 Å². The molecule has 1 heterocycles. The summed E-state index contributed by atoms with van der Waals surface area (Å²) in [5.74, 6) is 0.407. The van der Waals surface area contributed by atoms with Crippen molar-refractivity contribution in [3.63, 3.8) is 0 Å². The lowest BCUT2D eigenvalue weighted by Gasteiger charge is -2.13. The first kappa shape index (κ1) is 11.5. The number of nitrogens with one attached hydrogen (secondary N) is 2. The number of rotatable bonds is 2. The Morgan fingerprint density at radius 2 is 1.79 bits per heavy atom. The summed E-state index contributed by atoms with van der Waals surface area (Å²) in [7, 11) is 1.60. The summed E-state index contributed by atoms with van der Waals surface area (Å²) in [6, 6.07) is 10.1. The Bertz CT molecular complexity index is 681. The third-order valence-corrected chi connectivity index (χ3v) is 3.22. The van der Waals surface area contributed by atoms with E-state index < -0.39 is 12.1 Å². The highest BCUT2D eigenvalue weighted by atomic mass is 16.5. The summed E-state index contributed by atoms with van der Waals surface area (Å²) in [5.41, 5.74) is 0.764. The van der Waals surface area contributed by atoms with Crippen molar-refractivity contribution < 1.29 is 14.3 Å². The number of urea groups is 1. The van der Waals surface area contributed by atoms with Crippen LogP contribution < -0.4 is 15.4 Å². The van der Waals surface area contributed by atoms with Gasteiger partial charge in [0.15, 0.2) is 0 Å². The van der Waals surface area contributed by atoms with E-state index in [9.17, 15) is 9.59 Å². The van der Waals surface area contributed by atoms with Crippen LogP contribution in [-0.2, 0) is 4.79 Å². The molecule has 0 aromatic heterocycles. The van der Waals surface area contributed by atoms with Gasteiger partial charge in [0.25, 0.3) is 5.91 Å². The third kappa shape index (κ3) is 1.79. The molecule has 3 rings (SSSR count). The van der Waals surface area contributed by atoms with Crippen LogP contribution in [0.15, 0.2) is 36.4 Å². The SMILES string of the molecule is COc1ccc(C2NC(=O)NC2=O)c2ccccc12. The van der Waals surface area contributed by atoms with Crippen LogP contribution in [0, 0.1) is 0 Å². The van der Waals surface area contributed by atoms with Crippen molar-refractivity contribution in [1.82, 2.24) is 10.6 Å². The highest BCUT2D eigenvalue weighted by Crippen LogP contribution is 2.32. The standard InChI is InChI=1S/C14H12N2O3/c1-19-11-7-6-10(8-4-2-3-5-9(8)11)12-13(17)16-14(18)15-12/h2-7,12H,1H3,(H2,15,16,17,18). The number of amides is 3. The number of benzene rings is 2. The number of hydrogen-bond acceptors (Lipinski definition) is 3. The van der Waals surface area contributed by atoms with Gasteiger partial charge in [0.2, 0.25) is 0 Å². The van der Waals surface area contributed by atoms with Gasteiger partial charge in [0, 0.05) is 5.39 Å². The number of carbonyl (C=O) groups is 2. The molecule has 0 bridgehead atoms. The zero-order chi connectivity index (χ0) is 13.4. The van der Waals surface area contributed by atoms with E-state index in [4.69, 9.17) is 4.74 Å². The van der Waals surface area contributed by atoms with Gasteiger partial charge in [-0.2, -0.15) is 0 Å². The zero-order valence-corrected chi connectivity index (χ0v) is 10.3. The number of imide groups is 1. The molecular formula is C14H12N2O3.